The lowest BCUT2D eigenvalue weighted by Gasteiger charge is -2.11. The summed E-state index contributed by atoms with van der Waals surface area (Å²) < 4.78 is 0. The lowest BCUT2D eigenvalue weighted by Crippen LogP contribution is -2.17. The number of aliphatic hydroxyl groups is 1. The van der Waals surface area contributed by atoms with Gasteiger partial charge in [-0.05, 0) is 12.8 Å². The summed E-state index contributed by atoms with van der Waals surface area (Å²) in [6, 6.07) is 1.82. The smallest absolute Gasteiger partial charge is 0.239 e. The quantitative estimate of drug-likeness (QED) is 0.408. The van der Waals surface area contributed by atoms with Gasteiger partial charge in [-0.15, -0.1) is 0 Å². The van der Waals surface area contributed by atoms with E-state index in [0.29, 0.717) is 18.3 Å². The maximum atomic E-state index is 8.86. The van der Waals surface area contributed by atoms with Gasteiger partial charge in [0.05, 0.1) is 0 Å². The monoisotopic (exact) mass is 211 g/mol. The van der Waals surface area contributed by atoms with Crippen LogP contribution in [0.25, 0.3) is 0 Å². The van der Waals surface area contributed by atoms with Crippen molar-refractivity contribution in [2.24, 2.45) is 11.8 Å². The summed E-state index contributed by atoms with van der Waals surface area (Å²) in [6.07, 6.45) is 0. The highest BCUT2D eigenvalue weighted by Crippen LogP contribution is 2.09. The first kappa shape index (κ1) is 11.7. The zero-order chi connectivity index (χ0) is 11.3. The third-order valence-electron chi connectivity index (χ3n) is 1.93. The van der Waals surface area contributed by atoms with E-state index in [1.807, 2.05) is 19.9 Å². The summed E-state index contributed by atoms with van der Waals surface area (Å²) in [5, 5.41) is 12.0. The molecule has 0 aliphatic rings. The van der Waals surface area contributed by atoms with Gasteiger partial charge in [0.2, 0.25) is 5.95 Å². The predicted molar refractivity (Wildman–Crippen MR) is 59.3 cm³/mol. The molecule has 1 heterocycles. The highest BCUT2D eigenvalue weighted by atomic mass is 16.3. The molecule has 6 heteroatoms. The van der Waals surface area contributed by atoms with E-state index in [-0.39, 0.29) is 12.5 Å². The molecule has 1 aromatic heterocycles. The van der Waals surface area contributed by atoms with Gasteiger partial charge >= 0.3 is 0 Å². The number of nitrogen functional groups attached to an aromatic ring is 1. The molecule has 1 unspecified atom stereocenters. The van der Waals surface area contributed by atoms with Crippen LogP contribution >= 0.6 is 0 Å². The van der Waals surface area contributed by atoms with Gasteiger partial charge in [-0.1, -0.05) is 6.92 Å². The average molecular weight is 211 g/mol. The van der Waals surface area contributed by atoms with Crippen molar-refractivity contribution in [1.29, 1.82) is 0 Å². The summed E-state index contributed by atoms with van der Waals surface area (Å²) >= 11 is 0. The molecule has 0 aliphatic carbocycles. The first-order chi connectivity index (χ1) is 7.15. The molecule has 0 bridgehead atoms. The Labute approximate surface area is 88.9 Å². The molecule has 0 radical (unpaired) electrons. The number of hydrazine groups is 1. The van der Waals surface area contributed by atoms with Crippen LogP contribution in [-0.2, 0) is 0 Å². The first-order valence-electron chi connectivity index (χ1n) is 4.82. The number of hydrogen-bond acceptors (Lipinski definition) is 6. The Morgan fingerprint density at radius 2 is 2.27 bits per heavy atom. The molecule has 0 aliphatic heterocycles. The molecule has 0 aromatic carbocycles. The van der Waals surface area contributed by atoms with E-state index in [0.717, 1.165) is 5.69 Å². The van der Waals surface area contributed by atoms with Gasteiger partial charge in [-0.3, -0.25) is 5.43 Å². The second-order valence-corrected chi connectivity index (χ2v) is 3.53. The van der Waals surface area contributed by atoms with Crippen LogP contribution in [0, 0.1) is 12.8 Å². The number of rotatable bonds is 5. The number of nitrogens with two attached hydrogens (primary N) is 1. The van der Waals surface area contributed by atoms with Crippen LogP contribution in [0.4, 0.5) is 11.8 Å². The third-order valence-corrected chi connectivity index (χ3v) is 1.93. The summed E-state index contributed by atoms with van der Waals surface area (Å²) in [4.78, 5) is 8.18. The number of anilines is 2. The van der Waals surface area contributed by atoms with Crippen molar-refractivity contribution in [3.05, 3.63) is 11.8 Å². The topological polar surface area (TPSA) is 96.1 Å². The molecule has 0 saturated carbocycles. The fourth-order valence-corrected chi connectivity index (χ4v) is 1.07. The van der Waals surface area contributed by atoms with Crippen molar-refractivity contribution in [1.82, 2.24) is 9.97 Å². The van der Waals surface area contributed by atoms with Gasteiger partial charge in [0.1, 0.15) is 5.82 Å². The van der Waals surface area contributed by atoms with Crippen LogP contribution in [0.3, 0.4) is 0 Å². The number of aromatic nitrogens is 2. The van der Waals surface area contributed by atoms with E-state index in [2.05, 4.69) is 20.7 Å². The molecule has 84 valence electrons. The molecular formula is C9H17N5O. The fraction of sp³-hybridized carbons (Fsp3) is 0.556. The summed E-state index contributed by atoms with van der Waals surface area (Å²) in [5.74, 6) is 6.50. The van der Waals surface area contributed by atoms with Gasteiger partial charge in [0, 0.05) is 24.9 Å². The summed E-state index contributed by atoms with van der Waals surface area (Å²) in [6.45, 7) is 4.63. The molecule has 0 fully saturated rings. The van der Waals surface area contributed by atoms with Crippen LogP contribution < -0.4 is 16.6 Å². The van der Waals surface area contributed by atoms with Gasteiger partial charge in [0.15, 0.2) is 0 Å². The Kier molecular flexibility index (Phi) is 4.26. The second-order valence-electron chi connectivity index (χ2n) is 3.53. The molecule has 1 rings (SSSR count). The van der Waals surface area contributed by atoms with Crippen molar-refractivity contribution >= 4 is 11.8 Å². The van der Waals surface area contributed by atoms with Crippen molar-refractivity contribution in [3.8, 4) is 0 Å². The Bertz CT molecular complexity index is 317. The molecule has 1 aromatic rings. The first-order valence-corrected chi connectivity index (χ1v) is 4.82. The number of nitrogens with zero attached hydrogens (tertiary/aromatic N) is 2. The number of hydrogen-bond donors (Lipinski definition) is 4. The van der Waals surface area contributed by atoms with Crippen LogP contribution in [0.2, 0.25) is 0 Å². The zero-order valence-electron chi connectivity index (χ0n) is 8.99. The SMILES string of the molecule is Cc1cc(NCC(C)CO)nc(NN)n1. The maximum Gasteiger partial charge on any atom is 0.239 e. The average Bonchev–Trinajstić information content (AvgIpc) is 2.25. The standard InChI is InChI=1S/C9H17N5O/c1-6(5-15)4-11-8-3-7(2)12-9(13-8)14-10/h3,6,15H,4-5,10H2,1-2H3,(H2,11,12,13,14). The van der Waals surface area contributed by atoms with Gasteiger partial charge in [0.25, 0.3) is 0 Å². The molecule has 0 amide bonds. The number of aliphatic hydroxyl groups excluding tert-OH is 1. The van der Waals surface area contributed by atoms with Crippen LogP contribution in [0.5, 0.6) is 0 Å². The molecule has 15 heavy (non-hydrogen) atoms. The minimum atomic E-state index is 0.152. The Morgan fingerprint density at radius 3 is 2.87 bits per heavy atom. The summed E-state index contributed by atoms with van der Waals surface area (Å²) in [5.41, 5.74) is 3.23. The molecule has 6 nitrogen and oxygen atoms in total. The van der Waals surface area contributed by atoms with E-state index in [1.165, 1.54) is 0 Å². The molecule has 0 saturated heterocycles. The van der Waals surface area contributed by atoms with E-state index in [9.17, 15) is 0 Å². The largest absolute Gasteiger partial charge is 0.396 e. The molecule has 1 atom stereocenters. The van der Waals surface area contributed by atoms with Crippen LogP contribution in [0.15, 0.2) is 6.07 Å². The maximum absolute atomic E-state index is 8.86. The van der Waals surface area contributed by atoms with E-state index >= 15 is 0 Å². The van der Waals surface area contributed by atoms with E-state index in [4.69, 9.17) is 10.9 Å². The van der Waals surface area contributed by atoms with Crippen LogP contribution in [0.1, 0.15) is 12.6 Å². The normalized spacial score (nSPS) is 12.3. The van der Waals surface area contributed by atoms with E-state index < -0.39 is 0 Å². The number of aryl methyl sites for hydroxylation is 1. The molecular weight excluding hydrogens is 194 g/mol. The fourth-order valence-electron chi connectivity index (χ4n) is 1.07. The van der Waals surface area contributed by atoms with Crippen LogP contribution in [-0.4, -0.2) is 28.2 Å². The van der Waals surface area contributed by atoms with Gasteiger partial charge in [-0.25, -0.2) is 10.8 Å². The Morgan fingerprint density at radius 1 is 1.53 bits per heavy atom. The zero-order valence-corrected chi connectivity index (χ0v) is 8.99. The second kappa shape index (κ2) is 5.47. The third kappa shape index (κ3) is 3.69. The highest BCUT2D eigenvalue weighted by Gasteiger charge is 2.03. The minimum Gasteiger partial charge on any atom is -0.396 e. The van der Waals surface area contributed by atoms with Crippen molar-refractivity contribution < 1.29 is 5.11 Å². The number of nitrogens with one attached hydrogen (secondary N) is 2. The van der Waals surface area contributed by atoms with E-state index in [1.54, 1.807) is 0 Å². The van der Waals surface area contributed by atoms with Crippen molar-refractivity contribution in [2.45, 2.75) is 13.8 Å². The predicted octanol–water partition coefficient (Wildman–Crippen LogP) is 0.111. The van der Waals surface area contributed by atoms with Crippen molar-refractivity contribution in [2.75, 3.05) is 23.9 Å². The lowest BCUT2D eigenvalue weighted by molar-refractivity contribution is 0.244. The molecule has 0 spiro atoms. The lowest BCUT2D eigenvalue weighted by atomic mass is 10.2. The Hall–Kier alpha value is -1.40. The summed E-state index contributed by atoms with van der Waals surface area (Å²) in [7, 11) is 0. The van der Waals surface area contributed by atoms with Gasteiger partial charge < -0.3 is 10.4 Å². The van der Waals surface area contributed by atoms with Crippen molar-refractivity contribution in [3.63, 3.8) is 0 Å². The Balaban J connectivity index is 2.64. The minimum absolute atomic E-state index is 0.152. The highest BCUT2D eigenvalue weighted by molar-refractivity contribution is 5.41. The van der Waals surface area contributed by atoms with Gasteiger partial charge in [-0.2, -0.15) is 4.98 Å². The molecule has 5 N–H and O–H groups in total.